The van der Waals surface area contributed by atoms with Crippen LogP contribution in [0.2, 0.25) is 0 Å². The highest BCUT2D eigenvalue weighted by Gasteiger charge is 2.50. The number of rotatable bonds is 5. The first-order chi connectivity index (χ1) is 13.5. The fourth-order valence-electron chi connectivity index (χ4n) is 6.98. The molecule has 0 spiro atoms. The maximum Gasteiger partial charge on any atom is 0.223 e. The zero-order valence-electron chi connectivity index (χ0n) is 17.4. The minimum Gasteiger partial charge on any atom is -0.369 e. The molecule has 1 aliphatic heterocycles. The molecule has 0 saturated heterocycles. The molecule has 4 fully saturated rings. The predicted octanol–water partition coefficient (Wildman–Crippen LogP) is 4.04. The lowest BCUT2D eigenvalue weighted by atomic mass is 9.49. The van der Waals surface area contributed by atoms with Crippen LogP contribution in [0, 0.1) is 29.1 Å². The Morgan fingerprint density at radius 3 is 2.50 bits per heavy atom. The second-order valence-electron chi connectivity index (χ2n) is 10.6. The number of fused-ring (bicyclic) bond motifs is 1. The molecular formula is C23H34N4O. The molecule has 1 aromatic rings. The highest BCUT2D eigenvalue weighted by atomic mass is 16.2. The van der Waals surface area contributed by atoms with Gasteiger partial charge in [-0.1, -0.05) is 13.8 Å². The Labute approximate surface area is 168 Å². The lowest BCUT2D eigenvalue weighted by Crippen LogP contribution is -2.49. The number of nitrogens with zero attached hydrogens (tertiary/aromatic N) is 3. The molecule has 6 rings (SSSR count). The van der Waals surface area contributed by atoms with Crippen molar-refractivity contribution in [2.24, 2.45) is 29.1 Å². The molecule has 5 nitrogen and oxygen atoms in total. The third kappa shape index (κ3) is 3.42. The van der Waals surface area contributed by atoms with E-state index in [9.17, 15) is 4.79 Å². The summed E-state index contributed by atoms with van der Waals surface area (Å²) < 4.78 is 0. The van der Waals surface area contributed by atoms with E-state index >= 15 is 0 Å². The average molecular weight is 383 g/mol. The van der Waals surface area contributed by atoms with Crippen LogP contribution in [-0.2, 0) is 17.8 Å². The lowest BCUT2D eigenvalue weighted by molar-refractivity contribution is -0.132. The van der Waals surface area contributed by atoms with Gasteiger partial charge in [-0.2, -0.15) is 0 Å². The zero-order chi connectivity index (χ0) is 19.3. The molecule has 1 N–H and O–H groups in total. The average Bonchev–Trinajstić information content (AvgIpc) is 2.64. The molecule has 2 heterocycles. The molecule has 1 aromatic heterocycles. The van der Waals surface area contributed by atoms with E-state index < -0.39 is 0 Å². The van der Waals surface area contributed by atoms with E-state index in [2.05, 4.69) is 29.1 Å². The highest BCUT2D eigenvalue weighted by Crippen LogP contribution is 2.59. The molecule has 28 heavy (non-hydrogen) atoms. The number of hydrogen-bond donors (Lipinski definition) is 1. The molecule has 152 valence electrons. The molecular weight excluding hydrogens is 348 g/mol. The summed E-state index contributed by atoms with van der Waals surface area (Å²) in [6, 6.07) is 0. The molecule has 4 bridgehead atoms. The third-order valence-corrected chi connectivity index (χ3v) is 7.74. The summed E-state index contributed by atoms with van der Waals surface area (Å²) in [5.41, 5.74) is 2.77. The summed E-state index contributed by atoms with van der Waals surface area (Å²) in [7, 11) is 0. The van der Waals surface area contributed by atoms with Gasteiger partial charge >= 0.3 is 0 Å². The summed E-state index contributed by atoms with van der Waals surface area (Å²) in [6.45, 7) is 6.69. The zero-order valence-corrected chi connectivity index (χ0v) is 17.4. The number of aromatic nitrogens is 2. The van der Waals surface area contributed by atoms with Gasteiger partial charge < -0.3 is 10.2 Å². The first kappa shape index (κ1) is 18.4. The van der Waals surface area contributed by atoms with E-state index in [0.29, 0.717) is 24.3 Å². The monoisotopic (exact) mass is 382 g/mol. The van der Waals surface area contributed by atoms with Crippen molar-refractivity contribution >= 4 is 11.7 Å². The molecule has 0 radical (unpaired) electrons. The van der Waals surface area contributed by atoms with Gasteiger partial charge in [0, 0.05) is 25.1 Å². The normalized spacial score (nSPS) is 33.2. The number of amides is 1. The Morgan fingerprint density at radius 1 is 1.18 bits per heavy atom. The Morgan fingerprint density at radius 2 is 1.86 bits per heavy atom. The van der Waals surface area contributed by atoms with E-state index in [4.69, 9.17) is 0 Å². The van der Waals surface area contributed by atoms with Gasteiger partial charge in [0.05, 0.1) is 12.2 Å². The van der Waals surface area contributed by atoms with Gasteiger partial charge in [-0.3, -0.25) is 4.79 Å². The molecule has 0 atom stereocenters. The van der Waals surface area contributed by atoms with Crippen molar-refractivity contribution in [3.05, 3.63) is 17.6 Å². The van der Waals surface area contributed by atoms with Gasteiger partial charge in [0.1, 0.15) is 12.1 Å². The molecule has 4 aliphatic carbocycles. The van der Waals surface area contributed by atoms with Crippen molar-refractivity contribution in [3.8, 4) is 0 Å². The molecule has 5 aliphatic rings. The van der Waals surface area contributed by atoms with Crippen molar-refractivity contribution < 1.29 is 4.79 Å². The van der Waals surface area contributed by atoms with Crippen LogP contribution in [0.25, 0.3) is 0 Å². The second kappa shape index (κ2) is 7.00. The molecule has 5 heteroatoms. The number of carbonyl (C=O) groups is 1. The number of carbonyl (C=O) groups excluding carboxylic acids is 1. The maximum absolute atomic E-state index is 12.5. The van der Waals surface area contributed by atoms with Gasteiger partial charge in [-0.25, -0.2) is 9.97 Å². The number of nitrogens with one attached hydrogen (secondary N) is 1. The first-order valence-corrected chi connectivity index (χ1v) is 11.3. The summed E-state index contributed by atoms with van der Waals surface area (Å²) in [5, 5.41) is 3.75. The van der Waals surface area contributed by atoms with Gasteiger partial charge in [0.15, 0.2) is 0 Å². The van der Waals surface area contributed by atoms with Crippen LogP contribution in [0.3, 0.4) is 0 Å². The topological polar surface area (TPSA) is 58.1 Å². The second-order valence-corrected chi connectivity index (χ2v) is 10.6. The van der Waals surface area contributed by atoms with E-state index in [1.165, 1.54) is 44.1 Å². The summed E-state index contributed by atoms with van der Waals surface area (Å²) in [5.74, 6) is 4.62. The van der Waals surface area contributed by atoms with Crippen molar-refractivity contribution in [2.75, 3.05) is 18.4 Å². The van der Waals surface area contributed by atoms with Gasteiger partial charge in [-0.05, 0) is 74.0 Å². The Balaban J connectivity index is 1.27. The SMILES string of the molecule is CC(C)CC(=O)N1CCc2c(ncnc2NCC23CC4CC(CC(C4)C2)C3)C1. The minimum absolute atomic E-state index is 0.252. The Kier molecular flexibility index (Phi) is 4.59. The van der Waals surface area contributed by atoms with Crippen LogP contribution in [0.15, 0.2) is 6.33 Å². The maximum atomic E-state index is 12.5. The van der Waals surface area contributed by atoms with E-state index in [1.54, 1.807) is 6.33 Å². The minimum atomic E-state index is 0.252. The van der Waals surface area contributed by atoms with Crippen molar-refractivity contribution in [2.45, 2.75) is 71.8 Å². The van der Waals surface area contributed by atoms with Crippen LogP contribution in [0.4, 0.5) is 5.82 Å². The van der Waals surface area contributed by atoms with Crippen molar-refractivity contribution in [3.63, 3.8) is 0 Å². The van der Waals surface area contributed by atoms with Crippen LogP contribution in [0.1, 0.15) is 70.1 Å². The molecule has 4 saturated carbocycles. The van der Waals surface area contributed by atoms with Crippen LogP contribution < -0.4 is 5.32 Å². The predicted molar refractivity (Wildman–Crippen MR) is 110 cm³/mol. The summed E-state index contributed by atoms with van der Waals surface area (Å²) in [4.78, 5) is 23.5. The van der Waals surface area contributed by atoms with E-state index in [-0.39, 0.29) is 5.91 Å². The Bertz CT molecular complexity index is 724. The van der Waals surface area contributed by atoms with E-state index in [1.807, 2.05) is 4.90 Å². The van der Waals surface area contributed by atoms with Crippen LogP contribution in [-0.4, -0.2) is 33.9 Å². The molecule has 0 aromatic carbocycles. The highest BCUT2D eigenvalue weighted by molar-refractivity contribution is 5.76. The van der Waals surface area contributed by atoms with Crippen molar-refractivity contribution in [1.82, 2.24) is 14.9 Å². The summed E-state index contributed by atoms with van der Waals surface area (Å²) >= 11 is 0. The molecule has 1 amide bonds. The summed E-state index contributed by atoms with van der Waals surface area (Å²) in [6.07, 6.45) is 11.9. The van der Waals surface area contributed by atoms with Gasteiger partial charge in [-0.15, -0.1) is 0 Å². The smallest absolute Gasteiger partial charge is 0.223 e. The fourth-order valence-corrected chi connectivity index (χ4v) is 6.98. The van der Waals surface area contributed by atoms with Crippen LogP contribution in [0.5, 0.6) is 0 Å². The van der Waals surface area contributed by atoms with Gasteiger partial charge in [0.25, 0.3) is 0 Å². The van der Waals surface area contributed by atoms with Crippen molar-refractivity contribution in [1.29, 1.82) is 0 Å². The molecule has 0 unspecified atom stereocenters. The fraction of sp³-hybridized carbons (Fsp3) is 0.783. The number of anilines is 1. The largest absolute Gasteiger partial charge is 0.369 e. The Hall–Kier alpha value is -1.65. The first-order valence-electron chi connectivity index (χ1n) is 11.3. The lowest BCUT2D eigenvalue weighted by Gasteiger charge is -2.57. The number of hydrogen-bond acceptors (Lipinski definition) is 4. The quantitative estimate of drug-likeness (QED) is 0.835. The van der Waals surface area contributed by atoms with E-state index in [0.717, 1.165) is 48.8 Å². The standard InChI is InChI=1S/C23H34N4O/c1-15(2)5-21(28)27-4-3-19-20(12-27)25-14-26-22(19)24-13-23-9-16-6-17(10-23)8-18(7-16)11-23/h14-18H,3-13H2,1-2H3,(H,24,25,26). The van der Waals surface area contributed by atoms with Crippen LogP contribution >= 0.6 is 0 Å². The van der Waals surface area contributed by atoms with Gasteiger partial charge in [0.2, 0.25) is 5.91 Å². The third-order valence-electron chi connectivity index (χ3n) is 7.74.